The number of carbonyl (C=O) groups is 1. The van der Waals surface area contributed by atoms with E-state index in [0.29, 0.717) is 33.9 Å². The molecule has 0 unspecified atom stereocenters. The fourth-order valence-electron chi connectivity index (χ4n) is 2.67. The van der Waals surface area contributed by atoms with Gasteiger partial charge in [-0.05, 0) is 30.5 Å². The quantitative estimate of drug-likeness (QED) is 0.809. The molecule has 2 heterocycles. The zero-order chi connectivity index (χ0) is 18.1. The highest BCUT2D eigenvalue weighted by Crippen LogP contribution is 2.37. The van der Waals surface area contributed by atoms with Crippen LogP contribution in [0.2, 0.25) is 10.0 Å². The van der Waals surface area contributed by atoms with Crippen LogP contribution in [0.5, 0.6) is 0 Å². The van der Waals surface area contributed by atoms with Crippen molar-refractivity contribution in [1.29, 1.82) is 0 Å². The molecule has 0 radical (unpaired) electrons. The Balaban J connectivity index is 2.06. The van der Waals surface area contributed by atoms with Crippen molar-refractivity contribution in [3.8, 4) is 0 Å². The van der Waals surface area contributed by atoms with E-state index in [0.717, 1.165) is 5.56 Å². The fraction of sp³-hybridized carbons (Fsp3) is 0.353. The zero-order valence-electron chi connectivity index (χ0n) is 14.1. The van der Waals surface area contributed by atoms with E-state index in [4.69, 9.17) is 27.9 Å². The molecule has 25 heavy (non-hydrogen) atoms. The summed E-state index contributed by atoms with van der Waals surface area (Å²) in [5, 5.41) is 8.20. The number of benzene rings is 1. The van der Waals surface area contributed by atoms with E-state index in [2.05, 4.69) is 15.4 Å². The van der Waals surface area contributed by atoms with Crippen LogP contribution in [0.4, 0.5) is 5.95 Å². The van der Waals surface area contributed by atoms with Crippen LogP contribution in [-0.4, -0.2) is 27.3 Å². The lowest BCUT2D eigenvalue weighted by atomic mass is 9.96. The van der Waals surface area contributed by atoms with Gasteiger partial charge in [0.1, 0.15) is 12.4 Å². The largest absolute Gasteiger partial charge is 0.462 e. The maximum absolute atomic E-state index is 12.7. The predicted molar refractivity (Wildman–Crippen MR) is 96.7 cm³/mol. The number of aromatic nitrogens is 3. The second-order valence-electron chi connectivity index (χ2n) is 6.26. The molecule has 2 aromatic rings. The Morgan fingerprint density at radius 2 is 2.12 bits per heavy atom. The standard InChI is InChI=1S/C17H18Cl2N4O2/c1-9(2)7-25-16(24)14-10(3)22-17-20-8-21-23(17)15(14)11-4-5-12(18)13(19)6-11/h4-6,8-9,15H,7H2,1-3H3,(H,20,21,22)/t15-/m0/s1. The summed E-state index contributed by atoms with van der Waals surface area (Å²) in [7, 11) is 0. The second kappa shape index (κ2) is 7.06. The van der Waals surface area contributed by atoms with Crippen molar-refractivity contribution in [3.63, 3.8) is 0 Å². The third-order valence-electron chi connectivity index (χ3n) is 3.82. The van der Waals surface area contributed by atoms with Gasteiger partial charge < -0.3 is 10.1 Å². The first-order valence-corrected chi connectivity index (χ1v) is 8.63. The molecule has 0 spiro atoms. The Labute approximate surface area is 155 Å². The van der Waals surface area contributed by atoms with Crippen molar-refractivity contribution in [2.45, 2.75) is 26.8 Å². The molecular weight excluding hydrogens is 363 g/mol. The van der Waals surface area contributed by atoms with Crippen LogP contribution in [0.25, 0.3) is 0 Å². The van der Waals surface area contributed by atoms with Gasteiger partial charge in [-0.25, -0.2) is 9.48 Å². The molecule has 1 aliphatic rings. The smallest absolute Gasteiger partial charge is 0.338 e. The van der Waals surface area contributed by atoms with Crippen LogP contribution in [0.3, 0.4) is 0 Å². The Kier molecular flexibility index (Phi) is 5.01. The molecule has 0 saturated heterocycles. The number of esters is 1. The molecule has 6 nitrogen and oxygen atoms in total. The summed E-state index contributed by atoms with van der Waals surface area (Å²) in [6.07, 6.45) is 1.43. The summed E-state index contributed by atoms with van der Waals surface area (Å²) in [5.41, 5.74) is 1.92. The van der Waals surface area contributed by atoms with Gasteiger partial charge in [0.25, 0.3) is 0 Å². The van der Waals surface area contributed by atoms with Gasteiger partial charge in [-0.2, -0.15) is 10.1 Å². The fourth-order valence-corrected chi connectivity index (χ4v) is 2.97. The Morgan fingerprint density at radius 3 is 2.80 bits per heavy atom. The summed E-state index contributed by atoms with van der Waals surface area (Å²) in [6, 6.07) is 4.75. The third kappa shape index (κ3) is 3.50. The maximum Gasteiger partial charge on any atom is 0.338 e. The van der Waals surface area contributed by atoms with Crippen LogP contribution in [0.15, 0.2) is 35.8 Å². The maximum atomic E-state index is 12.7. The highest BCUT2D eigenvalue weighted by atomic mass is 35.5. The monoisotopic (exact) mass is 380 g/mol. The molecule has 1 aromatic heterocycles. The van der Waals surface area contributed by atoms with Crippen molar-refractivity contribution in [1.82, 2.24) is 14.8 Å². The first-order chi connectivity index (χ1) is 11.9. The SMILES string of the molecule is CC1=C(C(=O)OCC(C)C)[C@H](c2ccc(Cl)c(Cl)c2)n2ncnc2N1. The zero-order valence-corrected chi connectivity index (χ0v) is 15.6. The Bertz CT molecular complexity index is 845. The van der Waals surface area contributed by atoms with E-state index in [1.807, 2.05) is 26.8 Å². The van der Waals surface area contributed by atoms with E-state index in [9.17, 15) is 4.79 Å². The summed E-state index contributed by atoms with van der Waals surface area (Å²) in [4.78, 5) is 16.9. The number of hydrogen-bond donors (Lipinski definition) is 1. The van der Waals surface area contributed by atoms with E-state index in [-0.39, 0.29) is 5.92 Å². The molecule has 132 valence electrons. The lowest BCUT2D eigenvalue weighted by molar-refractivity contribution is -0.140. The number of ether oxygens (including phenoxy) is 1. The molecule has 0 aliphatic carbocycles. The van der Waals surface area contributed by atoms with Gasteiger partial charge >= 0.3 is 5.97 Å². The number of nitrogens with zero attached hydrogens (tertiary/aromatic N) is 3. The van der Waals surface area contributed by atoms with E-state index >= 15 is 0 Å². The minimum absolute atomic E-state index is 0.242. The van der Waals surface area contributed by atoms with Crippen LogP contribution in [-0.2, 0) is 9.53 Å². The molecule has 0 amide bonds. The Morgan fingerprint density at radius 1 is 1.36 bits per heavy atom. The lowest BCUT2D eigenvalue weighted by Crippen LogP contribution is -2.30. The summed E-state index contributed by atoms with van der Waals surface area (Å²) >= 11 is 12.2. The molecule has 1 atom stereocenters. The van der Waals surface area contributed by atoms with Gasteiger partial charge in [0.2, 0.25) is 5.95 Å². The number of anilines is 1. The summed E-state index contributed by atoms with van der Waals surface area (Å²) in [5.74, 6) is 0.400. The number of hydrogen-bond acceptors (Lipinski definition) is 5. The minimum Gasteiger partial charge on any atom is -0.462 e. The molecule has 1 aromatic carbocycles. The molecule has 8 heteroatoms. The second-order valence-corrected chi connectivity index (χ2v) is 7.07. The molecule has 3 rings (SSSR count). The number of nitrogens with one attached hydrogen (secondary N) is 1. The van der Waals surface area contributed by atoms with Crippen molar-refractivity contribution >= 4 is 35.1 Å². The van der Waals surface area contributed by atoms with Crippen LogP contribution < -0.4 is 5.32 Å². The van der Waals surface area contributed by atoms with Gasteiger partial charge in [-0.1, -0.05) is 43.1 Å². The van der Waals surface area contributed by atoms with E-state index < -0.39 is 12.0 Å². The molecule has 0 fully saturated rings. The topological polar surface area (TPSA) is 69.0 Å². The van der Waals surface area contributed by atoms with Gasteiger partial charge in [0.05, 0.1) is 22.2 Å². The summed E-state index contributed by atoms with van der Waals surface area (Å²) < 4.78 is 7.09. The van der Waals surface area contributed by atoms with E-state index in [1.165, 1.54) is 6.33 Å². The highest BCUT2D eigenvalue weighted by Gasteiger charge is 2.34. The normalized spacial score (nSPS) is 16.6. The first kappa shape index (κ1) is 17.8. The number of allylic oxidation sites excluding steroid dienone is 1. The number of rotatable bonds is 4. The molecule has 0 saturated carbocycles. The van der Waals surface area contributed by atoms with Crippen molar-refractivity contribution in [2.24, 2.45) is 5.92 Å². The average Bonchev–Trinajstić information content (AvgIpc) is 3.01. The molecule has 0 bridgehead atoms. The minimum atomic E-state index is -0.492. The molecular formula is C17H18Cl2N4O2. The van der Waals surface area contributed by atoms with Crippen molar-refractivity contribution in [3.05, 3.63) is 51.4 Å². The average molecular weight is 381 g/mol. The highest BCUT2D eigenvalue weighted by molar-refractivity contribution is 6.42. The van der Waals surface area contributed by atoms with Crippen molar-refractivity contribution < 1.29 is 9.53 Å². The van der Waals surface area contributed by atoms with E-state index in [1.54, 1.807) is 16.8 Å². The van der Waals surface area contributed by atoms with Gasteiger partial charge in [-0.15, -0.1) is 0 Å². The summed E-state index contributed by atoms with van der Waals surface area (Å²) in [6.45, 7) is 6.13. The third-order valence-corrected chi connectivity index (χ3v) is 4.56. The number of carbonyl (C=O) groups excluding carboxylic acids is 1. The van der Waals surface area contributed by atoms with Gasteiger partial charge in [-0.3, -0.25) is 0 Å². The van der Waals surface area contributed by atoms with Crippen LogP contribution in [0, 0.1) is 5.92 Å². The molecule has 1 N–H and O–H groups in total. The predicted octanol–water partition coefficient (Wildman–Crippen LogP) is 4.07. The van der Waals surface area contributed by atoms with Gasteiger partial charge in [0, 0.05) is 5.70 Å². The van der Waals surface area contributed by atoms with Crippen molar-refractivity contribution in [2.75, 3.05) is 11.9 Å². The van der Waals surface area contributed by atoms with Gasteiger partial charge in [0.15, 0.2) is 0 Å². The Hall–Kier alpha value is -2.05. The molecule has 1 aliphatic heterocycles. The van der Waals surface area contributed by atoms with Crippen LogP contribution >= 0.6 is 23.2 Å². The number of halogens is 2. The first-order valence-electron chi connectivity index (χ1n) is 7.88. The lowest BCUT2D eigenvalue weighted by Gasteiger charge is -2.28. The number of fused-ring (bicyclic) bond motifs is 1. The van der Waals surface area contributed by atoms with Crippen LogP contribution in [0.1, 0.15) is 32.4 Å².